The lowest BCUT2D eigenvalue weighted by molar-refractivity contribution is 0.397. The average molecular weight is 260 g/mol. The van der Waals surface area contributed by atoms with Gasteiger partial charge in [-0.3, -0.25) is 4.57 Å². The van der Waals surface area contributed by atoms with Gasteiger partial charge in [-0.25, -0.2) is 0 Å². The predicted octanol–water partition coefficient (Wildman–Crippen LogP) is -1.23. The molecule has 0 aromatic heterocycles. The van der Waals surface area contributed by atoms with Crippen molar-refractivity contribution >= 4 is 18.4 Å². The minimum atomic E-state index is -3.92. The molecule has 0 rings (SSSR count). The Morgan fingerprint density at radius 2 is 1.80 bits per heavy atom. The van der Waals surface area contributed by atoms with Crippen molar-refractivity contribution in [2.75, 3.05) is 32.9 Å². The zero-order valence-electron chi connectivity index (χ0n) is 8.69. The van der Waals surface area contributed by atoms with Crippen LogP contribution in [0.1, 0.15) is 0 Å². The molecule has 0 radical (unpaired) electrons. The van der Waals surface area contributed by atoms with E-state index in [0.717, 1.165) is 0 Å². The molecule has 3 N–H and O–H groups in total. The largest absolute Gasteiger partial charge is 0.331 e. The van der Waals surface area contributed by atoms with Crippen LogP contribution < -0.4 is 10.6 Å². The normalized spacial score (nSPS) is 14.4. The first-order valence-corrected chi connectivity index (χ1v) is 7.19. The molecule has 0 saturated heterocycles. The molecule has 0 aliphatic heterocycles. The van der Waals surface area contributed by atoms with E-state index in [1.165, 1.54) is 0 Å². The van der Waals surface area contributed by atoms with Crippen LogP contribution >= 0.6 is 8.25 Å². The molecule has 0 spiro atoms. The summed E-state index contributed by atoms with van der Waals surface area (Å²) >= 11 is 0. The molecule has 7 nitrogen and oxygen atoms in total. The van der Waals surface area contributed by atoms with Gasteiger partial charge < -0.3 is 15.5 Å². The summed E-state index contributed by atoms with van der Waals surface area (Å²) in [6.07, 6.45) is 0. The Morgan fingerprint density at radius 1 is 1.33 bits per heavy atom. The lowest BCUT2D eigenvalue weighted by Gasteiger charge is -2.15. The van der Waals surface area contributed by atoms with Crippen LogP contribution in [0, 0.1) is 5.92 Å². The Balaban J connectivity index is 4.31. The summed E-state index contributed by atoms with van der Waals surface area (Å²) in [7, 11) is -3.97. The van der Waals surface area contributed by atoms with Gasteiger partial charge in [-0.1, -0.05) is 0 Å². The highest BCUT2D eigenvalue weighted by atomic mass is 32.2. The molecule has 0 fully saturated rings. The first kappa shape index (κ1) is 15.0. The molecular formula is C6H17N2O5PS. The molecule has 0 amide bonds. The van der Waals surface area contributed by atoms with Crippen molar-refractivity contribution in [2.45, 2.75) is 0 Å². The van der Waals surface area contributed by atoms with Crippen molar-refractivity contribution in [3.05, 3.63) is 0 Å². The van der Waals surface area contributed by atoms with E-state index in [0.29, 0.717) is 13.1 Å². The van der Waals surface area contributed by atoms with Gasteiger partial charge in [-0.15, -0.1) is 0 Å². The number of nitrogens with one attached hydrogen (secondary N) is 2. The van der Waals surface area contributed by atoms with Gasteiger partial charge in [0.15, 0.2) is 0 Å². The molecule has 0 heterocycles. The van der Waals surface area contributed by atoms with Crippen LogP contribution in [0.2, 0.25) is 0 Å². The standard InChI is InChI=1S/C6H17N2O5PS/c1-7-3-6(4-8-2)5-15(11,12)13-14(9)10/h6-8,14H,3-5H2,1-2H3,(H,9,10). The van der Waals surface area contributed by atoms with E-state index in [1.807, 2.05) is 0 Å². The van der Waals surface area contributed by atoms with Crippen LogP contribution in [0.4, 0.5) is 0 Å². The van der Waals surface area contributed by atoms with Crippen LogP contribution in [0.15, 0.2) is 0 Å². The minimum Gasteiger partial charge on any atom is -0.326 e. The fraction of sp³-hybridized carbons (Fsp3) is 1.00. The van der Waals surface area contributed by atoms with Crippen molar-refractivity contribution in [1.82, 2.24) is 10.6 Å². The Morgan fingerprint density at radius 3 is 2.13 bits per heavy atom. The van der Waals surface area contributed by atoms with E-state index in [2.05, 4.69) is 14.6 Å². The molecule has 1 atom stereocenters. The van der Waals surface area contributed by atoms with Gasteiger partial charge >= 0.3 is 8.25 Å². The summed E-state index contributed by atoms with van der Waals surface area (Å²) in [5.41, 5.74) is 0. The van der Waals surface area contributed by atoms with Gasteiger partial charge in [0.25, 0.3) is 10.1 Å². The lowest BCUT2D eigenvalue weighted by atomic mass is 10.2. The lowest BCUT2D eigenvalue weighted by Crippen LogP contribution is -2.33. The fourth-order valence-corrected chi connectivity index (χ4v) is 3.15. The van der Waals surface area contributed by atoms with E-state index < -0.39 is 18.4 Å². The summed E-state index contributed by atoms with van der Waals surface area (Å²) in [6, 6.07) is 0. The van der Waals surface area contributed by atoms with Crippen molar-refractivity contribution in [3.8, 4) is 0 Å². The van der Waals surface area contributed by atoms with Gasteiger partial charge in [0.05, 0.1) is 5.75 Å². The first-order chi connectivity index (χ1) is 6.91. The summed E-state index contributed by atoms with van der Waals surface area (Å²) in [6.45, 7) is 0.964. The van der Waals surface area contributed by atoms with Gasteiger partial charge in [0.2, 0.25) is 0 Å². The van der Waals surface area contributed by atoms with E-state index >= 15 is 0 Å². The predicted molar refractivity (Wildman–Crippen MR) is 57.4 cm³/mol. The molecular weight excluding hydrogens is 243 g/mol. The zero-order valence-corrected chi connectivity index (χ0v) is 10.5. The molecule has 0 aromatic rings. The van der Waals surface area contributed by atoms with E-state index in [9.17, 15) is 13.0 Å². The maximum Gasteiger partial charge on any atom is 0.331 e. The zero-order chi connectivity index (χ0) is 11.9. The summed E-state index contributed by atoms with van der Waals surface area (Å²) in [4.78, 5) is 8.37. The van der Waals surface area contributed by atoms with E-state index in [1.54, 1.807) is 14.1 Å². The molecule has 0 saturated carbocycles. The summed E-state index contributed by atoms with van der Waals surface area (Å²) in [5, 5.41) is 5.67. The van der Waals surface area contributed by atoms with Crippen molar-refractivity contribution in [3.63, 3.8) is 0 Å². The van der Waals surface area contributed by atoms with Crippen LogP contribution in [-0.2, 0) is 18.7 Å². The molecule has 0 aromatic carbocycles. The first-order valence-electron chi connectivity index (χ1n) is 4.35. The molecule has 15 heavy (non-hydrogen) atoms. The summed E-state index contributed by atoms with van der Waals surface area (Å²) < 4.78 is 36.6. The Bertz CT molecular complexity index is 288. The Kier molecular flexibility index (Phi) is 7.33. The third kappa shape index (κ3) is 7.89. The number of hydrogen-bond acceptors (Lipinski definition) is 6. The second kappa shape index (κ2) is 7.32. The third-order valence-corrected chi connectivity index (χ3v) is 4.09. The van der Waals surface area contributed by atoms with Crippen molar-refractivity contribution < 1.29 is 21.8 Å². The van der Waals surface area contributed by atoms with Gasteiger partial charge in [-0.05, 0) is 27.2 Å². The fourth-order valence-electron chi connectivity index (χ4n) is 1.20. The summed E-state index contributed by atoms with van der Waals surface area (Å²) in [5.74, 6) is -0.489. The van der Waals surface area contributed by atoms with Gasteiger partial charge in [0.1, 0.15) is 0 Å². The van der Waals surface area contributed by atoms with Crippen LogP contribution in [0.3, 0.4) is 0 Å². The number of rotatable bonds is 8. The third-order valence-electron chi connectivity index (χ3n) is 1.62. The molecule has 92 valence electrons. The van der Waals surface area contributed by atoms with Crippen molar-refractivity contribution in [1.29, 1.82) is 0 Å². The Hall–Kier alpha value is 0.0200. The Labute approximate surface area is 90.3 Å². The second-order valence-corrected chi connectivity index (χ2v) is 5.70. The SMILES string of the molecule is CNCC(CNC)CS(=O)(=O)O[PH](=O)O. The maximum atomic E-state index is 11.2. The minimum absolute atomic E-state index is 0.202. The van der Waals surface area contributed by atoms with Crippen LogP contribution in [0.25, 0.3) is 0 Å². The highest BCUT2D eigenvalue weighted by Crippen LogP contribution is 2.20. The average Bonchev–Trinajstić information content (AvgIpc) is 2.01. The van der Waals surface area contributed by atoms with Gasteiger partial charge in [-0.2, -0.15) is 12.4 Å². The quantitative estimate of drug-likeness (QED) is 0.469. The van der Waals surface area contributed by atoms with Crippen LogP contribution in [-0.4, -0.2) is 46.2 Å². The molecule has 0 aliphatic carbocycles. The maximum absolute atomic E-state index is 11.2. The highest BCUT2D eigenvalue weighted by molar-refractivity contribution is 7.89. The monoisotopic (exact) mass is 260 g/mol. The molecule has 0 bridgehead atoms. The topological polar surface area (TPSA) is 105 Å². The molecule has 0 aliphatic rings. The van der Waals surface area contributed by atoms with E-state index in [4.69, 9.17) is 4.89 Å². The van der Waals surface area contributed by atoms with E-state index in [-0.39, 0.29) is 11.7 Å². The van der Waals surface area contributed by atoms with Gasteiger partial charge in [0, 0.05) is 5.92 Å². The highest BCUT2D eigenvalue weighted by Gasteiger charge is 2.20. The second-order valence-electron chi connectivity index (χ2n) is 3.05. The molecule has 1 unspecified atom stereocenters. The smallest absolute Gasteiger partial charge is 0.326 e. The van der Waals surface area contributed by atoms with Crippen LogP contribution in [0.5, 0.6) is 0 Å². The van der Waals surface area contributed by atoms with Crippen molar-refractivity contribution in [2.24, 2.45) is 5.92 Å². The number of hydrogen-bond donors (Lipinski definition) is 3. The molecule has 9 heteroatoms.